The summed E-state index contributed by atoms with van der Waals surface area (Å²) >= 11 is 0. The number of amides is 1. The first-order valence-electron chi connectivity index (χ1n) is 9.66. The number of carbonyl (C=O) groups excluding carboxylic acids is 1. The number of ether oxygens (including phenoxy) is 2. The van der Waals surface area contributed by atoms with Crippen molar-refractivity contribution >= 4 is 22.0 Å². The summed E-state index contributed by atoms with van der Waals surface area (Å²) in [5, 5.41) is 1.11. The van der Waals surface area contributed by atoms with Gasteiger partial charge in [0.05, 0.1) is 14.2 Å². The molecule has 0 aromatic heterocycles. The first kappa shape index (κ1) is 21.9. The third kappa shape index (κ3) is 5.61. The molecule has 1 N–H and O–H groups in total. The fourth-order valence-corrected chi connectivity index (χ4v) is 4.15. The minimum atomic E-state index is -3.60. The average molecular weight is 431 g/mol. The molecule has 7 nitrogen and oxygen atoms in total. The summed E-state index contributed by atoms with van der Waals surface area (Å²) in [5.41, 5.74) is 2.93. The lowest BCUT2D eigenvalue weighted by atomic mass is 9.98. The number of hydrogen-bond donors (Lipinski definition) is 1. The summed E-state index contributed by atoms with van der Waals surface area (Å²) in [6.07, 6.45) is 2.33. The van der Waals surface area contributed by atoms with E-state index in [2.05, 4.69) is 4.72 Å². The summed E-state index contributed by atoms with van der Waals surface area (Å²) in [5.74, 6) is 1.21. The Morgan fingerprint density at radius 3 is 2.43 bits per heavy atom. The predicted molar refractivity (Wildman–Crippen MR) is 116 cm³/mol. The molecule has 2 aromatic carbocycles. The first-order chi connectivity index (χ1) is 14.4. The quantitative estimate of drug-likeness (QED) is 0.696. The van der Waals surface area contributed by atoms with Crippen LogP contribution in [0.4, 0.5) is 0 Å². The van der Waals surface area contributed by atoms with E-state index in [9.17, 15) is 13.2 Å². The monoisotopic (exact) mass is 430 g/mol. The van der Waals surface area contributed by atoms with E-state index in [1.54, 1.807) is 19.1 Å². The Morgan fingerprint density at radius 2 is 1.77 bits per heavy atom. The lowest BCUT2D eigenvalue weighted by Crippen LogP contribution is -2.37. The molecule has 160 valence electrons. The maximum Gasteiger partial charge on any atom is 0.233 e. The highest BCUT2D eigenvalue weighted by atomic mass is 32.2. The van der Waals surface area contributed by atoms with Gasteiger partial charge in [-0.3, -0.25) is 4.79 Å². The highest BCUT2D eigenvalue weighted by Crippen LogP contribution is 2.33. The van der Waals surface area contributed by atoms with Crippen LogP contribution < -0.4 is 14.2 Å². The second kappa shape index (κ2) is 9.77. The van der Waals surface area contributed by atoms with E-state index in [1.807, 2.05) is 42.5 Å². The van der Waals surface area contributed by atoms with E-state index >= 15 is 0 Å². The molecule has 30 heavy (non-hydrogen) atoms. The molecule has 2 aromatic rings. The van der Waals surface area contributed by atoms with Crippen LogP contribution in [0, 0.1) is 0 Å². The molecule has 1 aliphatic rings. The van der Waals surface area contributed by atoms with Crippen molar-refractivity contribution in [1.82, 2.24) is 9.62 Å². The van der Waals surface area contributed by atoms with Gasteiger partial charge in [0, 0.05) is 31.5 Å². The van der Waals surface area contributed by atoms with Gasteiger partial charge in [0.1, 0.15) is 0 Å². The Labute approximate surface area is 177 Å². The SMILES string of the molecule is COc1cc2c(cc1OC)CN(C(=O)CCNS(=O)(=O)C=Cc1ccccc1)CC2. The first-order valence-corrected chi connectivity index (χ1v) is 11.2. The number of sulfonamides is 1. The third-order valence-electron chi connectivity index (χ3n) is 4.95. The van der Waals surface area contributed by atoms with Crippen LogP contribution in [-0.4, -0.2) is 46.5 Å². The van der Waals surface area contributed by atoms with Crippen LogP contribution in [0.25, 0.3) is 6.08 Å². The van der Waals surface area contributed by atoms with Crippen molar-refractivity contribution in [2.45, 2.75) is 19.4 Å². The number of carbonyl (C=O) groups is 1. The van der Waals surface area contributed by atoms with Crippen LogP contribution in [0.5, 0.6) is 11.5 Å². The molecule has 0 saturated heterocycles. The smallest absolute Gasteiger partial charge is 0.233 e. The number of nitrogens with zero attached hydrogens (tertiary/aromatic N) is 1. The molecule has 0 atom stereocenters. The van der Waals surface area contributed by atoms with E-state index in [0.29, 0.717) is 31.0 Å². The lowest BCUT2D eigenvalue weighted by molar-refractivity contribution is -0.131. The number of benzene rings is 2. The van der Waals surface area contributed by atoms with Crippen LogP contribution in [0.2, 0.25) is 0 Å². The fraction of sp³-hybridized carbons (Fsp3) is 0.318. The summed E-state index contributed by atoms with van der Waals surface area (Å²) in [6.45, 7) is 1.10. The van der Waals surface area contributed by atoms with Gasteiger partial charge in [-0.15, -0.1) is 0 Å². The van der Waals surface area contributed by atoms with E-state index in [1.165, 1.54) is 6.08 Å². The van der Waals surface area contributed by atoms with Gasteiger partial charge in [-0.1, -0.05) is 30.3 Å². The van der Waals surface area contributed by atoms with Crippen LogP contribution in [0.3, 0.4) is 0 Å². The number of nitrogens with one attached hydrogen (secondary N) is 1. The normalized spacial score (nSPS) is 13.9. The minimum Gasteiger partial charge on any atom is -0.493 e. The van der Waals surface area contributed by atoms with Crippen molar-refractivity contribution in [2.24, 2.45) is 0 Å². The van der Waals surface area contributed by atoms with Crippen LogP contribution in [0.15, 0.2) is 47.9 Å². The largest absolute Gasteiger partial charge is 0.493 e. The molecule has 1 heterocycles. The maximum atomic E-state index is 12.6. The molecule has 0 spiro atoms. The second-order valence-electron chi connectivity index (χ2n) is 6.94. The van der Waals surface area contributed by atoms with Crippen molar-refractivity contribution in [3.8, 4) is 11.5 Å². The van der Waals surface area contributed by atoms with Gasteiger partial charge < -0.3 is 14.4 Å². The lowest BCUT2D eigenvalue weighted by Gasteiger charge is -2.29. The Bertz CT molecular complexity index is 1020. The van der Waals surface area contributed by atoms with E-state index in [4.69, 9.17) is 9.47 Å². The Balaban J connectivity index is 1.54. The van der Waals surface area contributed by atoms with Crippen molar-refractivity contribution in [3.05, 3.63) is 64.6 Å². The molecule has 0 saturated carbocycles. The molecule has 1 aliphatic heterocycles. The number of rotatable bonds is 8. The molecule has 0 radical (unpaired) electrons. The fourth-order valence-electron chi connectivity index (χ4n) is 3.33. The number of hydrogen-bond acceptors (Lipinski definition) is 5. The maximum absolute atomic E-state index is 12.6. The average Bonchev–Trinajstić information content (AvgIpc) is 2.76. The van der Waals surface area contributed by atoms with E-state index < -0.39 is 10.0 Å². The van der Waals surface area contributed by atoms with E-state index in [-0.39, 0.29) is 18.9 Å². The highest BCUT2D eigenvalue weighted by Gasteiger charge is 2.22. The molecule has 0 bridgehead atoms. The Kier molecular flexibility index (Phi) is 7.12. The zero-order valence-corrected chi connectivity index (χ0v) is 17.9. The molecular formula is C22H26N2O5S. The third-order valence-corrected chi connectivity index (χ3v) is 6.05. The van der Waals surface area contributed by atoms with Crippen molar-refractivity contribution < 1.29 is 22.7 Å². The molecular weight excluding hydrogens is 404 g/mol. The zero-order valence-electron chi connectivity index (χ0n) is 17.1. The van der Waals surface area contributed by atoms with E-state index in [0.717, 1.165) is 22.1 Å². The minimum absolute atomic E-state index is 0.0512. The molecule has 3 rings (SSSR count). The molecule has 1 amide bonds. The second-order valence-corrected chi connectivity index (χ2v) is 8.59. The summed E-state index contributed by atoms with van der Waals surface area (Å²) in [6, 6.07) is 13.0. The summed E-state index contributed by atoms with van der Waals surface area (Å²) in [7, 11) is -0.429. The standard InChI is InChI=1S/C22H26N2O5S/c1-28-20-14-18-9-12-24(16-19(18)15-21(20)29-2)22(25)8-11-23-30(26,27)13-10-17-6-4-3-5-7-17/h3-7,10,13-15,23H,8-9,11-12,16H2,1-2H3. The molecule has 8 heteroatoms. The van der Waals surface area contributed by atoms with Gasteiger partial charge in [0.2, 0.25) is 15.9 Å². The van der Waals surface area contributed by atoms with Crippen molar-refractivity contribution in [3.63, 3.8) is 0 Å². The van der Waals surface area contributed by atoms with Crippen LogP contribution >= 0.6 is 0 Å². The Hall–Kier alpha value is -2.84. The van der Waals surface area contributed by atoms with Crippen molar-refractivity contribution in [2.75, 3.05) is 27.3 Å². The van der Waals surface area contributed by atoms with Crippen LogP contribution in [-0.2, 0) is 27.8 Å². The van der Waals surface area contributed by atoms with Gasteiger partial charge in [0.25, 0.3) is 0 Å². The Morgan fingerprint density at radius 1 is 1.10 bits per heavy atom. The van der Waals surface area contributed by atoms with Gasteiger partial charge in [-0.25, -0.2) is 13.1 Å². The van der Waals surface area contributed by atoms with Gasteiger partial charge in [0.15, 0.2) is 11.5 Å². The topological polar surface area (TPSA) is 84.9 Å². The van der Waals surface area contributed by atoms with Gasteiger partial charge in [-0.2, -0.15) is 0 Å². The zero-order chi connectivity index (χ0) is 21.6. The summed E-state index contributed by atoms with van der Waals surface area (Å²) < 4.78 is 37.3. The summed E-state index contributed by atoms with van der Waals surface area (Å²) in [4.78, 5) is 14.3. The van der Waals surface area contributed by atoms with Crippen molar-refractivity contribution in [1.29, 1.82) is 0 Å². The molecule has 0 aliphatic carbocycles. The number of methoxy groups -OCH3 is 2. The molecule has 0 fully saturated rings. The van der Waals surface area contributed by atoms with Crippen LogP contribution in [0.1, 0.15) is 23.1 Å². The highest BCUT2D eigenvalue weighted by molar-refractivity contribution is 7.92. The predicted octanol–water partition coefficient (Wildman–Crippen LogP) is 2.57. The van der Waals surface area contributed by atoms with Gasteiger partial charge in [-0.05, 0) is 41.3 Å². The number of fused-ring (bicyclic) bond motifs is 1. The molecule has 0 unspecified atom stereocenters. The van der Waals surface area contributed by atoms with Gasteiger partial charge >= 0.3 is 0 Å².